The molecule has 30 heavy (non-hydrogen) atoms. The van der Waals surface area contributed by atoms with E-state index in [4.69, 9.17) is 16.3 Å². The number of carbonyl (C=O) groups is 1. The third-order valence-electron chi connectivity index (χ3n) is 7.12. The van der Waals surface area contributed by atoms with E-state index in [9.17, 15) is 9.18 Å². The number of ether oxygens (including phenoxy) is 1. The first-order valence-electron chi connectivity index (χ1n) is 11.3. The summed E-state index contributed by atoms with van der Waals surface area (Å²) in [5.41, 5.74) is 0.993. The molecule has 2 aliphatic rings. The summed E-state index contributed by atoms with van der Waals surface area (Å²) in [6.45, 7) is 2.28. The molecule has 1 unspecified atom stereocenters. The monoisotopic (exact) mass is 428 g/mol. The second-order valence-electron chi connectivity index (χ2n) is 9.08. The van der Waals surface area contributed by atoms with Gasteiger partial charge in [0.1, 0.15) is 11.6 Å². The number of fused-ring (bicyclic) bond motifs is 1. The smallest absolute Gasteiger partial charge is 0.343 e. The van der Waals surface area contributed by atoms with Crippen molar-refractivity contribution in [1.29, 1.82) is 0 Å². The lowest BCUT2D eigenvalue weighted by molar-refractivity contribution is 0.0734. The number of carbonyl (C=O) groups excluding carboxylic acids is 1. The Morgan fingerprint density at radius 2 is 1.77 bits per heavy atom. The normalized spacial score (nSPS) is 26.1. The lowest BCUT2D eigenvalue weighted by atomic mass is 9.63. The van der Waals surface area contributed by atoms with Crippen molar-refractivity contribution in [2.45, 2.75) is 64.2 Å². The Kier molecular flexibility index (Phi) is 6.77. The zero-order valence-corrected chi connectivity index (χ0v) is 18.3. The first kappa shape index (κ1) is 21.4. The predicted octanol–water partition coefficient (Wildman–Crippen LogP) is 7.80. The van der Waals surface area contributed by atoms with Gasteiger partial charge in [0, 0.05) is 5.02 Å². The van der Waals surface area contributed by atoms with E-state index in [0.29, 0.717) is 10.8 Å². The Labute approximate surface area is 183 Å². The fourth-order valence-electron chi connectivity index (χ4n) is 5.59. The van der Waals surface area contributed by atoms with Crippen LogP contribution in [0.5, 0.6) is 5.75 Å². The van der Waals surface area contributed by atoms with Crippen LogP contribution in [0.2, 0.25) is 5.02 Å². The molecule has 2 nitrogen and oxygen atoms in total. The fraction of sp³-hybridized carbons (Fsp3) is 0.500. The van der Waals surface area contributed by atoms with Gasteiger partial charge in [0.2, 0.25) is 0 Å². The van der Waals surface area contributed by atoms with Gasteiger partial charge in [0.05, 0.1) is 5.56 Å². The zero-order valence-electron chi connectivity index (χ0n) is 17.6. The number of halogens is 2. The first-order valence-corrected chi connectivity index (χ1v) is 11.7. The van der Waals surface area contributed by atoms with Crippen molar-refractivity contribution in [1.82, 2.24) is 0 Å². The van der Waals surface area contributed by atoms with Crippen molar-refractivity contribution in [3.63, 3.8) is 0 Å². The van der Waals surface area contributed by atoms with Gasteiger partial charge in [-0.1, -0.05) is 43.9 Å². The SMILES string of the molecule is CCC[C@H]1CC[C@@H]2CC(c3ccc(C(=O)Oc4ccc(Cl)cc4)cc3F)CC[C@H]2C1. The molecular weight excluding hydrogens is 399 g/mol. The van der Waals surface area contributed by atoms with Crippen LogP contribution in [0.4, 0.5) is 4.39 Å². The highest BCUT2D eigenvalue weighted by molar-refractivity contribution is 6.30. The van der Waals surface area contributed by atoms with Crippen molar-refractivity contribution in [2.75, 3.05) is 0 Å². The number of esters is 1. The minimum Gasteiger partial charge on any atom is -0.423 e. The highest BCUT2D eigenvalue weighted by Gasteiger charge is 2.36. The molecule has 0 aromatic heterocycles. The summed E-state index contributed by atoms with van der Waals surface area (Å²) in [7, 11) is 0. The predicted molar refractivity (Wildman–Crippen MR) is 119 cm³/mol. The molecule has 0 bridgehead atoms. The fourth-order valence-corrected chi connectivity index (χ4v) is 5.72. The van der Waals surface area contributed by atoms with Gasteiger partial charge in [-0.05, 0) is 97.7 Å². The summed E-state index contributed by atoms with van der Waals surface area (Å²) in [5.74, 6) is 2.26. The molecule has 4 rings (SSSR count). The maximum atomic E-state index is 14.9. The average molecular weight is 429 g/mol. The zero-order chi connectivity index (χ0) is 21.1. The van der Waals surface area contributed by atoms with Crippen molar-refractivity contribution in [2.24, 2.45) is 17.8 Å². The van der Waals surface area contributed by atoms with Gasteiger partial charge in [0.25, 0.3) is 0 Å². The average Bonchev–Trinajstić information content (AvgIpc) is 2.75. The third kappa shape index (κ3) is 4.88. The van der Waals surface area contributed by atoms with Crippen LogP contribution in [0.3, 0.4) is 0 Å². The van der Waals surface area contributed by atoms with Crippen LogP contribution in [0, 0.1) is 23.6 Å². The molecule has 0 aliphatic heterocycles. The lowest BCUT2D eigenvalue weighted by Gasteiger charge is -2.42. The molecule has 0 spiro atoms. The number of rotatable bonds is 5. The summed E-state index contributed by atoms with van der Waals surface area (Å²) >= 11 is 5.85. The van der Waals surface area contributed by atoms with Gasteiger partial charge in [-0.25, -0.2) is 9.18 Å². The van der Waals surface area contributed by atoms with E-state index < -0.39 is 5.97 Å². The number of benzene rings is 2. The van der Waals surface area contributed by atoms with Crippen LogP contribution < -0.4 is 4.74 Å². The maximum Gasteiger partial charge on any atom is 0.343 e. The maximum absolute atomic E-state index is 14.9. The summed E-state index contributed by atoms with van der Waals surface area (Å²) in [4.78, 5) is 12.4. The lowest BCUT2D eigenvalue weighted by Crippen LogP contribution is -2.30. The Hall–Kier alpha value is -1.87. The van der Waals surface area contributed by atoms with Crippen molar-refractivity contribution in [3.05, 3.63) is 64.4 Å². The molecule has 0 saturated heterocycles. The Balaban J connectivity index is 1.40. The summed E-state index contributed by atoms with van der Waals surface area (Å²) in [6, 6.07) is 11.4. The second kappa shape index (κ2) is 9.51. The van der Waals surface area contributed by atoms with Gasteiger partial charge in [-0.15, -0.1) is 0 Å². The van der Waals surface area contributed by atoms with Gasteiger partial charge in [-0.3, -0.25) is 0 Å². The molecule has 2 fully saturated rings. The van der Waals surface area contributed by atoms with Crippen LogP contribution >= 0.6 is 11.6 Å². The van der Waals surface area contributed by atoms with Crippen molar-refractivity contribution < 1.29 is 13.9 Å². The van der Waals surface area contributed by atoms with Crippen LogP contribution in [0.1, 0.15) is 80.1 Å². The number of hydrogen-bond donors (Lipinski definition) is 0. The third-order valence-corrected chi connectivity index (χ3v) is 7.37. The molecule has 2 saturated carbocycles. The molecule has 4 atom stereocenters. The molecule has 2 aliphatic carbocycles. The Morgan fingerprint density at radius 1 is 1.03 bits per heavy atom. The van der Waals surface area contributed by atoms with E-state index in [1.807, 2.05) is 0 Å². The van der Waals surface area contributed by atoms with Gasteiger partial charge in [0.15, 0.2) is 0 Å². The largest absolute Gasteiger partial charge is 0.423 e. The highest BCUT2D eigenvalue weighted by atomic mass is 35.5. The highest BCUT2D eigenvalue weighted by Crippen LogP contribution is 2.48. The summed E-state index contributed by atoms with van der Waals surface area (Å²) in [5, 5.41) is 0.568. The second-order valence-corrected chi connectivity index (χ2v) is 9.51. The van der Waals surface area contributed by atoms with Crippen LogP contribution in [0.25, 0.3) is 0 Å². The van der Waals surface area contributed by atoms with Gasteiger partial charge in [-0.2, -0.15) is 0 Å². The Bertz CT molecular complexity index is 879. The molecule has 0 amide bonds. The van der Waals surface area contributed by atoms with E-state index in [2.05, 4.69) is 6.92 Å². The van der Waals surface area contributed by atoms with E-state index in [1.54, 1.807) is 36.4 Å². The van der Waals surface area contributed by atoms with Crippen LogP contribution in [-0.4, -0.2) is 5.97 Å². The van der Waals surface area contributed by atoms with E-state index in [1.165, 1.54) is 44.6 Å². The summed E-state index contributed by atoms with van der Waals surface area (Å²) in [6.07, 6.45) is 9.95. The Morgan fingerprint density at radius 3 is 2.50 bits per heavy atom. The topological polar surface area (TPSA) is 26.3 Å². The minimum absolute atomic E-state index is 0.236. The molecular formula is C26H30ClFO2. The molecule has 2 aromatic carbocycles. The van der Waals surface area contributed by atoms with Crippen LogP contribution in [0.15, 0.2) is 42.5 Å². The number of hydrogen-bond acceptors (Lipinski definition) is 2. The minimum atomic E-state index is -0.555. The molecule has 0 heterocycles. The van der Waals surface area contributed by atoms with E-state index in [0.717, 1.165) is 36.2 Å². The first-order chi connectivity index (χ1) is 14.5. The van der Waals surface area contributed by atoms with Crippen LogP contribution in [-0.2, 0) is 0 Å². The van der Waals surface area contributed by atoms with Gasteiger partial charge < -0.3 is 4.74 Å². The van der Waals surface area contributed by atoms with Crippen molar-refractivity contribution >= 4 is 17.6 Å². The van der Waals surface area contributed by atoms with E-state index >= 15 is 0 Å². The molecule has 2 aromatic rings. The van der Waals surface area contributed by atoms with E-state index in [-0.39, 0.29) is 17.3 Å². The quantitative estimate of drug-likeness (QED) is 0.358. The molecule has 0 radical (unpaired) electrons. The van der Waals surface area contributed by atoms with Gasteiger partial charge >= 0.3 is 5.97 Å². The molecule has 4 heteroatoms. The molecule has 0 N–H and O–H groups in total. The summed E-state index contributed by atoms with van der Waals surface area (Å²) < 4.78 is 20.3. The van der Waals surface area contributed by atoms with Crippen molar-refractivity contribution in [3.8, 4) is 5.75 Å². The standard InChI is InChI=1S/C26H30ClFO2/c1-2-3-17-4-5-19-15-20(7-6-18(19)14-17)24-13-8-21(16-25(24)28)26(29)30-23-11-9-22(27)10-12-23/h8-13,16-20H,2-7,14-15H2,1H3/t17-,18-,19+,20?/m0/s1. The molecule has 160 valence electrons.